The van der Waals surface area contributed by atoms with Crippen molar-refractivity contribution in [3.63, 3.8) is 0 Å². The summed E-state index contributed by atoms with van der Waals surface area (Å²) >= 11 is 0. The van der Waals surface area contributed by atoms with Gasteiger partial charge in [-0.05, 0) is 109 Å². The molecular formula is C65H116O6. The minimum atomic E-state index is -0.782. The third-order valence-corrected chi connectivity index (χ3v) is 13.5. The van der Waals surface area contributed by atoms with E-state index < -0.39 is 6.10 Å². The van der Waals surface area contributed by atoms with Crippen LogP contribution in [0.2, 0.25) is 0 Å². The van der Waals surface area contributed by atoms with Crippen molar-refractivity contribution in [3.05, 3.63) is 60.8 Å². The Kier molecular flexibility index (Phi) is 57.2. The van der Waals surface area contributed by atoms with Crippen LogP contribution in [-0.2, 0) is 28.6 Å². The normalized spacial score (nSPS) is 12.4. The molecule has 0 spiro atoms. The van der Waals surface area contributed by atoms with Crippen molar-refractivity contribution in [3.8, 4) is 0 Å². The third kappa shape index (κ3) is 57.9. The Morgan fingerprint density at radius 1 is 0.282 bits per heavy atom. The van der Waals surface area contributed by atoms with Crippen LogP contribution in [-0.4, -0.2) is 37.2 Å². The molecule has 0 bridgehead atoms. The number of allylic oxidation sites excluding steroid dienone is 10. The van der Waals surface area contributed by atoms with Crippen LogP contribution in [0.4, 0.5) is 0 Å². The zero-order valence-electron chi connectivity index (χ0n) is 47.2. The van der Waals surface area contributed by atoms with Gasteiger partial charge in [0.05, 0.1) is 0 Å². The van der Waals surface area contributed by atoms with Gasteiger partial charge in [-0.15, -0.1) is 0 Å². The van der Waals surface area contributed by atoms with Crippen LogP contribution in [0.25, 0.3) is 0 Å². The molecular weight excluding hydrogens is 877 g/mol. The summed E-state index contributed by atoms with van der Waals surface area (Å²) in [5, 5.41) is 0. The van der Waals surface area contributed by atoms with Crippen molar-refractivity contribution in [1.82, 2.24) is 0 Å². The number of unbranched alkanes of at least 4 members (excludes halogenated alkanes) is 35. The smallest absolute Gasteiger partial charge is 0.306 e. The van der Waals surface area contributed by atoms with Gasteiger partial charge in [-0.2, -0.15) is 0 Å². The molecule has 0 radical (unpaired) electrons. The van der Waals surface area contributed by atoms with E-state index in [4.69, 9.17) is 14.2 Å². The highest BCUT2D eigenvalue weighted by molar-refractivity contribution is 5.71. The lowest BCUT2D eigenvalue weighted by molar-refractivity contribution is -0.167. The quantitative estimate of drug-likeness (QED) is 0.0261. The predicted molar refractivity (Wildman–Crippen MR) is 307 cm³/mol. The van der Waals surface area contributed by atoms with Gasteiger partial charge in [0.1, 0.15) is 13.2 Å². The van der Waals surface area contributed by atoms with Gasteiger partial charge in [0.15, 0.2) is 6.10 Å². The molecule has 0 N–H and O–H groups in total. The van der Waals surface area contributed by atoms with Crippen LogP contribution in [0.3, 0.4) is 0 Å². The second kappa shape index (κ2) is 59.7. The Hall–Kier alpha value is -2.89. The number of hydrogen-bond acceptors (Lipinski definition) is 6. The Morgan fingerprint density at radius 3 is 0.817 bits per heavy atom. The maximum absolute atomic E-state index is 12.9. The molecule has 0 saturated heterocycles. The standard InChI is InChI=1S/C65H116O6/c1-4-7-10-13-16-19-22-25-28-31-32-35-38-41-44-47-50-53-56-59-65(68)71-62(60-69-63(66)57-54-51-48-45-42-39-36-33-29-26-23-20-17-14-11-8-5-2)61-70-64(67)58-55-52-49-46-43-40-37-34-30-27-24-21-18-15-12-9-6-3/h16-17,19-20,25-30,62H,4-15,18,21-24,31-61H2,1-3H3/b19-16-,20-17-,28-25-,29-26-,30-27-/t62-/m1/s1. The van der Waals surface area contributed by atoms with Gasteiger partial charge in [-0.25, -0.2) is 0 Å². The second-order valence-corrected chi connectivity index (χ2v) is 20.6. The van der Waals surface area contributed by atoms with Crippen LogP contribution >= 0.6 is 0 Å². The SMILES string of the molecule is CCCCC/C=C\C/C=C\CCCCCCCCCCCC(=O)O[C@H](COC(=O)CCCCCCCCC/C=C\C/C=C\CCCCC)COC(=O)CCCCCCCCC/C=C\CCCCCCCC. The van der Waals surface area contributed by atoms with E-state index in [0.29, 0.717) is 19.3 Å². The topological polar surface area (TPSA) is 78.9 Å². The number of carbonyl (C=O) groups is 3. The molecule has 0 aliphatic carbocycles. The summed E-state index contributed by atoms with van der Waals surface area (Å²) in [6.45, 7) is 6.61. The fourth-order valence-corrected chi connectivity index (χ4v) is 8.79. The molecule has 0 aromatic carbocycles. The van der Waals surface area contributed by atoms with E-state index in [-0.39, 0.29) is 31.1 Å². The van der Waals surface area contributed by atoms with Crippen molar-refractivity contribution in [2.45, 2.75) is 322 Å². The highest BCUT2D eigenvalue weighted by atomic mass is 16.6. The van der Waals surface area contributed by atoms with Gasteiger partial charge in [0, 0.05) is 19.3 Å². The summed E-state index contributed by atoms with van der Waals surface area (Å²) in [7, 11) is 0. The Morgan fingerprint density at radius 2 is 0.507 bits per heavy atom. The van der Waals surface area contributed by atoms with Gasteiger partial charge in [0.2, 0.25) is 0 Å². The molecule has 0 heterocycles. The van der Waals surface area contributed by atoms with Crippen molar-refractivity contribution < 1.29 is 28.6 Å². The van der Waals surface area contributed by atoms with E-state index in [1.54, 1.807) is 0 Å². The molecule has 0 aromatic heterocycles. The van der Waals surface area contributed by atoms with Crippen LogP contribution in [0, 0.1) is 0 Å². The highest BCUT2D eigenvalue weighted by Crippen LogP contribution is 2.16. The van der Waals surface area contributed by atoms with E-state index in [2.05, 4.69) is 81.5 Å². The van der Waals surface area contributed by atoms with E-state index in [9.17, 15) is 14.4 Å². The average Bonchev–Trinajstić information content (AvgIpc) is 3.37. The third-order valence-electron chi connectivity index (χ3n) is 13.5. The van der Waals surface area contributed by atoms with Crippen LogP contribution in [0.5, 0.6) is 0 Å². The van der Waals surface area contributed by atoms with Crippen molar-refractivity contribution >= 4 is 17.9 Å². The largest absolute Gasteiger partial charge is 0.462 e. The molecule has 0 rings (SSSR count). The number of esters is 3. The van der Waals surface area contributed by atoms with Crippen molar-refractivity contribution in [2.75, 3.05) is 13.2 Å². The summed E-state index contributed by atoms with van der Waals surface area (Å²) in [5.41, 5.74) is 0. The van der Waals surface area contributed by atoms with Gasteiger partial charge in [-0.3, -0.25) is 14.4 Å². The first-order valence-corrected chi connectivity index (χ1v) is 30.8. The molecule has 1 atom stereocenters. The zero-order valence-corrected chi connectivity index (χ0v) is 47.2. The lowest BCUT2D eigenvalue weighted by Gasteiger charge is -2.18. The Bertz CT molecular complexity index is 1280. The second-order valence-electron chi connectivity index (χ2n) is 20.6. The highest BCUT2D eigenvalue weighted by Gasteiger charge is 2.19. The molecule has 0 unspecified atom stereocenters. The Labute approximate surface area is 440 Å². The average molecular weight is 994 g/mol. The molecule has 6 nitrogen and oxygen atoms in total. The summed E-state index contributed by atoms with van der Waals surface area (Å²) in [5.74, 6) is -0.881. The minimum absolute atomic E-state index is 0.0793. The lowest BCUT2D eigenvalue weighted by atomic mass is 10.1. The van der Waals surface area contributed by atoms with Crippen molar-refractivity contribution in [2.24, 2.45) is 0 Å². The molecule has 6 heteroatoms. The van der Waals surface area contributed by atoms with E-state index >= 15 is 0 Å². The van der Waals surface area contributed by atoms with Crippen molar-refractivity contribution in [1.29, 1.82) is 0 Å². The number of ether oxygens (including phenoxy) is 3. The molecule has 0 amide bonds. The molecule has 412 valence electrons. The molecule has 0 aliphatic rings. The van der Waals surface area contributed by atoms with Gasteiger partial charge in [-0.1, -0.05) is 248 Å². The molecule has 71 heavy (non-hydrogen) atoms. The van der Waals surface area contributed by atoms with Gasteiger partial charge >= 0.3 is 17.9 Å². The van der Waals surface area contributed by atoms with Gasteiger partial charge < -0.3 is 14.2 Å². The van der Waals surface area contributed by atoms with E-state index in [0.717, 1.165) is 77.0 Å². The minimum Gasteiger partial charge on any atom is -0.462 e. The number of hydrogen-bond donors (Lipinski definition) is 0. The van der Waals surface area contributed by atoms with Crippen LogP contribution < -0.4 is 0 Å². The maximum atomic E-state index is 12.9. The van der Waals surface area contributed by atoms with E-state index in [1.165, 1.54) is 199 Å². The zero-order chi connectivity index (χ0) is 51.4. The summed E-state index contributed by atoms with van der Waals surface area (Å²) in [6.07, 6.45) is 74.9. The fourth-order valence-electron chi connectivity index (χ4n) is 8.79. The lowest BCUT2D eigenvalue weighted by Crippen LogP contribution is -2.30. The predicted octanol–water partition coefficient (Wildman–Crippen LogP) is 20.8. The molecule has 0 fully saturated rings. The maximum Gasteiger partial charge on any atom is 0.306 e. The summed E-state index contributed by atoms with van der Waals surface area (Å²) < 4.78 is 16.9. The van der Waals surface area contributed by atoms with Gasteiger partial charge in [0.25, 0.3) is 0 Å². The van der Waals surface area contributed by atoms with Crippen LogP contribution in [0.1, 0.15) is 316 Å². The first kappa shape index (κ1) is 68.1. The summed E-state index contributed by atoms with van der Waals surface area (Å²) in [6, 6.07) is 0. The fraction of sp³-hybridized carbons (Fsp3) is 0.800. The Balaban J connectivity index is 4.39. The number of rotatable bonds is 56. The molecule has 0 saturated carbocycles. The monoisotopic (exact) mass is 993 g/mol. The molecule has 0 aliphatic heterocycles. The molecule has 0 aromatic rings. The number of carbonyl (C=O) groups excluding carboxylic acids is 3. The first-order valence-electron chi connectivity index (χ1n) is 30.8. The van der Waals surface area contributed by atoms with E-state index in [1.807, 2.05) is 0 Å². The summed E-state index contributed by atoms with van der Waals surface area (Å²) in [4.78, 5) is 38.3. The first-order chi connectivity index (χ1) is 35.0. The van der Waals surface area contributed by atoms with Crippen LogP contribution in [0.15, 0.2) is 60.8 Å².